The van der Waals surface area contributed by atoms with E-state index in [1.54, 1.807) is 0 Å². The lowest BCUT2D eigenvalue weighted by molar-refractivity contribution is -0.161. The highest BCUT2D eigenvalue weighted by molar-refractivity contribution is 7.47. The Hall–Kier alpha value is -5.09. The summed E-state index contributed by atoms with van der Waals surface area (Å²) in [4.78, 5) is 58.4. The normalized spacial score (nSPS) is 15.2. The van der Waals surface area contributed by atoms with Gasteiger partial charge in [-0.25, -0.2) is 9.13 Å². The molecule has 0 aromatic rings. The summed E-state index contributed by atoms with van der Waals surface area (Å²) in [5.74, 6) is -1.72. The largest absolute Gasteiger partial charge is 0.472 e. The van der Waals surface area contributed by atoms with E-state index >= 15 is 0 Å². The molecule has 5 unspecified atom stereocenters. The van der Waals surface area contributed by atoms with Crippen molar-refractivity contribution in [3.05, 3.63) is 170 Å². The Morgan fingerprint density at radius 3 is 0.914 bits per heavy atom. The summed E-state index contributed by atoms with van der Waals surface area (Å²) in [6, 6.07) is 0. The highest BCUT2D eigenvalue weighted by Crippen LogP contribution is 2.45. The molecule has 0 aromatic carbocycles. The summed E-state index contributed by atoms with van der Waals surface area (Å²) in [6.07, 6.45) is 82.7. The second-order valence-corrected chi connectivity index (χ2v) is 25.1. The number of rotatable bonds is 63. The molecule has 5 atom stereocenters. The smallest absolute Gasteiger partial charge is 0.463 e. The standard InChI is InChI=1S/C75H120O16P2/c1-4-7-10-13-16-19-22-25-28-31-33-34-36-39-40-43-46-49-52-55-58-61-73(78)85-64-70(76)65-87-92(81,82)88-66-71(77)67-89-93(83,84)90-69-72(91-75(80)63-60-57-54-51-48-45-42-37-30-27-24-21-18-15-12-9-6-3)68-86-74(79)62-59-56-53-50-47-44-41-38-35-32-29-26-23-20-17-14-11-8-5-2/h7-12,16-21,25-30,33-35,38-40,44,47,53,56,70-72,76-77H,4-6,13-15,22-24,31-32,36-37,41-43,45-46,48-52,54-55,57-69H2,1-3H3,(H,81,82)(H,83,84)/b10-7-,11-8-,12-9-,19-16-,20-17-,21-18-,28-25-,29-26-,30-27-,34-33-,38-35-,40-39-,47-44-,56-53-. The molecular weight excluding hydrogens is 1220 g/mol. The molecule has 93 heavy (non-hydrogen) atoms. The van der Waals surface area contributed by atoms with Crippen molar-refractivity contribution < 1.29 is 75.8 Å². The molecule has 0 fully saturated rings. The molecule has 0 aliphatic rings. The fourth-order valence-corrected chi connectivity index (χ4v) is 9.87. The van der Waals surface area contributed by atoms with Crippen LogP contribution < -0.4 is 0 Å². The fraction of sp³-hybridized carbons (Fsp3) is 0.587. The molecule has 18 heteroatoms. The third kappa shape index (κ3) is 68.1. The van der Waals surface area contributed by atoms with Crippen molar-refractivity contribution >= 4 is 33.6 Å². The molecule has 16 nitrogen and oxygen atoms in total. The Bertz CT molecular complexity index is 2370. The summed E-state index contributed by atoms with van der Waals surface area (Å²) in [5.41, 5.74) is 0. The number of phosphoric acid groups is 2. The molecule has 0 aromatic heterocycles. The van der Waals surface area contributed by atoms with Gasteiger partial charge < -0.3 is 34.2 Å². The molecule has 0 spiro atoms. The van der Waals surface area contributed by atoms with E-state index in [4.69, 9.17) is 32.3 Å². The van der Waals surface area contributed by atoms with E-state index in [1.165, 1.54) is 0 Å². The zero-order valence-electron chi connectivity index (χ0n) is 56.9. The van der Waals surface area contributed by atoms with E-state index < -0.39 is 91.5 Å². The number of esters is 3. The van der Waals surface area contributed by atoms with Crippen molar-refractivity contribution in [1.82, 2.24) is 0 Å². The van der Waals surface area contributed by atoms with Gasteiger partial charge in [0.05, 0.1) is 26.4 Å². The van der Waals surface area contributed by atoms with Crippen molar-refractivity contribution in [2.45, 2.75) is 245 Å². The van der Waals surface area contributed by atoms with Crippen LogP contribution in [0.1, 0.15) is 226 Å². The topological polar surface area (TPSA) is 231 Å². The molecule has 526 valence electrons. The highest BCUT2D eigenvalue weighted by atomic mass is 31.2. The summed E-state index contributed by atoms with van der Waals surface area (Å²) < 4.78 is 60.8. The SMILES string of the molecule is CC/C=C\C/C=C\C/C=C\C/C=C\C/C=C\C/C=C\CCC(=O)OCC(COP(=O)(O)OCC(O)COP(=O)(O)OCC(O)COC(=O)CCCCCCC/C=C\C/C=C\C/C=C\C/C=C\C/C=C\CC)OC(=O)CCCCCCCCC/C=C\C/C=C\C/C=C\CC. The van der Waals surface area contributed by atoms with Gasteiger partial charge in [-0.2, -0.15) is 0 Å². The molecule has 0 amide bonds. The van der Waals surface area contributed by atoms with Gasteiger partial charge in [-0.3, -0.25) is 32.5 Å². The quantitative estimate of drug-likeness (QED) is 0.0146. The molecule has 0 saturated carbocycles. The van der Waals surface area contributed by atoms with Crippen molar-refractivity contribution in [3.8, 4) is 0 Å². The lowest BCUT2D eigenvalue weighted by atomic mass is 10.1. The maximum atomic E-state index is 12.9. The van der Waals surface area contributed by atoms with Crippen LogP contribution in [0.5, 0.6) is 0 Å². The molecule has 0 saturated heterocycles. The van der Waals surface area contributed by atoms with Gasteiger partial charge in [-0.1, -0.05) is 242 Å². The van der Waals surface area contributed by atoms with Gasteiger partial charge in [0.1, 0.15) is 25.4 Å². The lowest BCUT2D eigenvalue weighted by Crippen LogP contribution is -2.30. The Balaban J connectivity index is 4.80. The van der Waals surface area contributed by atoms with Crippen LogP contribution in [-0.2, 0) is 55.8 Å². The van der Waals surface area contributed by atoms with Crippen LogP contribution in [0.3, 0.4) is 0 Å². The van der Waals surface area contributed by atoms with Crippen LogP contribution in [0.4, 0.5) is 0 Å². The Labute approximate surface area is 561 Å². The number of allylic oxidation sites excluding steroid dienone is 28. The first-order valence-electron chi connectivity index (χ1n) is 34.4. The van der Waals surface area contributed by atoms with Crippen molar-refractivity contribution in [2.24, 2.45) is 0 Å². The summed E-state index contributed by atoms with van der Waals surface area (Å²) >= 11 is 0. The van der Waals surface area contributed by atoms with E-state index in [-0.39, 0.29) is 19.3 Å². The second kappa shape index (κ2) is 66.9. The number of carbonyl (C=O) groups excluding carboxylic acids is 3. The number of carbonyl (C=O) groups is 3. The predicted molar refractivity (Wildman–Crippen MR) is 380 cm³/mol. The third-order valence-corrected chi connectivity index (χ3v) is 15.3. The zero-order chi connectivity index (χ0) is 68.1. The third-order valence-electron chi connectivity index (χ3n) is 13.4. The van der Waals surface area contributed by atoms with Gasteiger partial charge in [0.15, 0.2) is 6.10 Å². The van der Waals surface area contributed by atoms with Crippen LogP contribution in [0, 0.1) is 0 Å². The van der Waals surface area contributed by atoms with E-state index in [0.717, 1.165) is 161 Å². The first kappa shape index (κ1) is 87.9. The molecule has 0 heterocycles. The fourth-order valence-electron chi connectivity index (χ4n) is 8.28. The second-order valence-electron chi connectivity index (χ2n) is 22.2. The van der Waals surface area contributed by atoms with Crippen LogP contribution in [0.25, 0.3) is 0 Å². The molecular formula is C75H120O16P2. The summed E-state index contributed by atoms with van der Waals surface area (Å²) in [5, 5.41) is 20.6. The first-order chi connectivity index (χ1) is 45.2. The number of aliphatic hydroxyl groups excluding tert-OH is 2. The van der Waals surface area contributed by atoms with Gasteiger partial charge in [0.2, 0.25) is 0 Å². The monoisotopic (exact) mass is 1340 g/mol. The maximum Gasteiger partial charge on any atom is 0.472 e. The molecule has 0 aliphatic carbocycles. The number of unbranched alkanes of at least 4 members (excludes halogenated alkanes) is 12. The van der Waals surface area contributed by atoms with Crippen LogP contribution in [0.15, 0.2) is 170 Å². The van der Waals surface area contributed by atoms with E-state index in [0.29, 0.717) is 25.7 Å². The molecule has 0 radical (unpaired) electrons. The molecule has 0 bridgehead atoms. The van der Waals surface area contributed by atoms with Gasteiger partial charge in [0.25, 0.3) is 0 Å². The zero-order valence-corrected chi connectivity index (χ0v) is 58.6. The highest BCUT2D eigenvalue weighted by Gasteiger charge is 2.29. The van der Waals surface area contributed by atoms with Crippen LogP contribution >= 0.6 is 15.6 Å². The van der Waals surface area contributed by atoms with Gasteiger partial charge in [0, 0.05) is 19.3 Å². The van der Waals surface area contributed by atoms with Crippen LogP contribution in [-0.4, -0.2) is 95.9 Å². The van der Waals surface area contributed by atoms with Crippen LogP contribution in [0.2, 0.25) is 0 Å². The number of aliphatic hydroxyl groups is 2. The maximum absolute atomic E-state index is 12.9. The van der Waals surface area contributed by atoms with Crippen molar-refractivity contribution in [2.75, 3.05) is 39.6 Å². The summed E-state index contributed by atoms with van der Waals surface area (Å²) in [6.45, 7) is 2.17. The Kier molecular flexibility index (Phi) is 63.2. The van der Waals surface area contributed by atoms with E-state index in [1.807, 2.05) is 18.2 Å². The van der Waals surface area contributed by atoms with Crippen molar-refractivity contribution in [3.63, 3.8) is 0 Å². The van der Waals surface area contributed by atoms with Gasteiger partial charge in [-0.05, 0) is 135 Å². The number of ether oxygens (including phenoxy) is 3. The average Bonchev–Trinajstić information content (AvgIpc) is 3.70. The molecule has 0 aliphatic heterocycles. The lowest BCUT2D eigenvalue weighted by Gasteiger charge is -2.21. The summed E-state index contributed by atoms with van der Waals surface area (Å²) in [7, 11) is -9.82. The minimum Gasteiger partial charge on any atom is -0.463 e. The minimum atomic E-state index is -4.95. The van der Waals surface area contributed by atoms with E-state index in [9.17, 15) is 43.5 Å². The average molecular weight is 1340 g/mol. The molecule has 4 N–H and O–H groups in total. The van der Waals surface area contributed by atoms with Gasteiger partial charge >= 0.3 is 33.6 Å². The minimum absolute atomic E-state index is 0.0358. The number of hydrogen-bond acceptors (Lipinski definition) is 14. The molecule has 0 rings (SSSR count). The van der Waals surface area contributed by atoms with E-state index in [2.05, 4.69) is 173 Å². The predicted octanol–water partition coefficient (Wildman–Crippen LogP) is 19.3. The van der Waals surface area contributed by atoms with Crippen molar-refractivity contribution in [1.29, 1.82) is 0 Å². The first-order valence-corrected chi connectivity index (χ1v) is 37.4. The Morgan fingerprint density at radius 2 is 0.559 bits per heavy atom. The van der Waals surface area contributed by atoms with Gasteiger partial charge in [-0.15, -0.1) is 0 Å². The Morgan fingerprint density at radius 1 is 0.301 bits per heavy atom. The number of hydrogen-bond donors (Lipinski definition) is 4. The number of phosphoric ester groups is 2.